The first-order valence-electron chi connectivity index (χ1n) is 7.08. The third kappa shape index (κ3) is 4.85. The molecule has 2 aromatic carbocycles. The van der Waals surface area contributed by atoms with E-state index >= 15 is 0 Å². The molecule has 0 spiro atoms. The standard InChI is InChI=1S/C17H20FNO2/c18-15-8-4-5-9-17(15)21-13-11-19-16(10-12-20)14-6-2-1-3-7-14/h1-9,16,19-20H,10-13H2. The van der Waals surface area contributed by atoms with E-state index in [9.17, 15) is 4.39 Å². The second-order valence-electron chi connectivity index (χ2n) is 4.71. The van der Waals surface area contributed by atoms with E-state index in [1.807, 2.05) is 30.3 Å². The summed E-state index contributed by atoms with van der Waals surface area (Å²) in [4.78, 5) is 0. The first-order chi connectivity index (χ1) is 10.3. The van der Waals surface area contributed by atoms with Gasteiger partial charge in [0, 0.05) is 19.2 Å². The van der Waals surface area contributed by atoms with E-state index in [1.165, 1.54) is 6.07 Å². The number of halogens is 1. The predicted molar refractivity (Wildman–Crippen MR) is 80.8 cm³/mol. The summed E-state index contributed by atoms with van der Waals surface area (Å²) in [6.07, 6.45) is 0.629. The molecule has 0 aliphatic rings. The lowest BCUT2D eigenvalue weighted by atomic mass is 10.0. The van der Waals surface area contributed by atoms with Crippen molar-refractivity contribution in [2.45, 2.75) is 12.5 Å². The van der Waals surface area contributed by atoms with Crippen LogP contribution in [0.5, 0.6) is 5.75 Å². The number of hydrogen-bond donors (Lipinski definition) is 2. The molecule has 21 heavy (non-hydrogen) atoms. The number of aliphatic hydroxyl groups is 1. The third-order valence-electron chi connectivity index (χ3n) is 3.21. The van der Waals surface area contributed by atoms with Gasteiger partial charge < -0.3 is 15.2 Å². The quantitative estimate of drug-likeness (QED) is 0.734. The van der Waals surface area contributed by atoms with Gasteiger partial charge in [0.1, 0.15) is 6.61 Å². The maximum absolute atomic E-state index is 13.4. The maximum Gasteiger partial charge on any atom is 0.165 e. The maximum atomic E-state index is 13.4. The molecule has 0 aliphatic heterocycles. The minimum atomic E-state index is -0.354. The van der Waals surface area contributed by atoms with Crippen molar-refractivity contribution in [3.05, 3.63) is 66.0 Å². The molecular weight excluding hydrogens is 269 g/mol. The summed E-state index contributed by atoms with van der Waals surface area (Å²) in [7, 11) is 0. The number of ether oxygens (including phenoxy) is 1. The van der Waals surface area contributed by atoms with E-state index in [0.717, 1.165) is 5.56 Å². The van der Waals surface area contributed by atoms with Crippen molar-refractivity contribution in [1.82, 2.24) is 5.32 Å². The number of rotatable bonds is 8. The molecule has 4 heteroatoms. The molecule has 0 bridgehead atoms. The Kier molecular flexibility index (Phi) is 6.19. The number of aliphatic hydroxyl groups excluding tert-OH is 1. The van der Waals surface area contributed by atoms with E-state index in [1.54, 1.807) is 18.2 Å². The van der Waals surface area contributed by atoms with Gasteiger partial charge in [-0.25, -0.2) is 4.39 Å². The van der Waals surface area contributed by atoms with Crippen LogP contribution in [0.15, 0.2) is 54.6 Å². The lowest BCUT2D eigenvalue weighted by Crippen LogP contribution is -2.27. The van der Waals surface area contributed by atoms with Crippen LogP contribution >= 0.6 is 0 Å². The molecule has 1 atom stereocenters. The van der Waals surface area contributed by atoms with Crippen LogP contribution in [0.4, 0.5) is 4.39 Å². The molecule has 3 nitrogen and oxygen atoms in total. The molecule has 0 saturated carbocycles. The summed E-state index contributed by atoms with van der Waals surface area (Å²) < 4.78 is 18.8. The molecule has 0 heterocycles. The summed E-state index contributed by atoms with van der Waals surface area (Å²) in [6.45, 7) is 1.06. The van der Waals surface area contributed by atoms with Crippen LogP contribution in [0.2, 0.25) is 0 Å². The highest BCUT2D eigenvalue weighted by Crippen LogP contribution is 2.17. The van der Waals surface area contributed by atoms with Crippen LogP contribution in [0.1, 0.15) is 18.0 Å². The number of para-hydroxylation sites is 1. The van der Waals surface area contributed by atoms with Crippen molar-refractivity contribution in [2.24, 2.45) is 0 Å². The zero-order valence-electron chi connectivity index (χ0n) is 11.8. The van der Waals surface area contributed by atoms with Crippen LogP contribution in [-0.2, 0) is 0 Å². The van der Waals surface area contributed by atoms with E-state index < -0.39 is 0 Å². The molecule has 0 amide bonds. The average Bonchev–Trinajstić information content (AvgIpc) is 2.53. The summed E-state index contributed by atoms with van der Waals surface area (Å²) in [5.41, 5.74) is 1.12. The monoisotopic (exact) mass is 289 g/mol. The smallest absolute Gasteiger partial charge is 0.165 e. The highest BCUT2D eigenvalue weighted by Gasteiger charge is 2.09. The van der Waals surface area contributed by atoms with E-state index in [4.69, 9.17) is 9.84 Å². The van der Waals surface area contributed by atoms with E-state index in [0.29, 0.717) is 19.6 Å². The Hall–Kier alpha value is -1.91. The molecule has 0 radical (unpaired) electrons. The van der Waals surface area contributed by atoms with Crippen LogP contribution in [0, 0.1) is 5.82 Å². The first kappa shape index (κ1) is 15.5. The number of benzene rings is 2. The highest BCUT2D eigenvalue weighted by atomic mass is 19.1. The Morgan fingerprint density at radius 1 is 1.05 bits per heavy atom. The third-order valence-corrected chi connectivity index (χ3v) is 3.21. The Morgan fingerprint density at radius 2 is 1.76 bits per heavy atom. The van der Waals surface area contributed by atoms with E-state index in [-0.39, 0.29) is 24.2 Å². The Morgan fingerprint density at radius 3 is 2.48 bits per heavy atom. The van der Waals surface area contributed by atoms with Crippen molar-refractivity contribution in [1.29, 1.82) is 0 Å². The van der Waals surface area contributed by atoms with Crippen molar-refractivity contribution in [2.75, 3.05) is 19.8 Å². The first-order valence-corrected chi connectivity index (χ1v) is 7.08. The van der Waals surface area contributed by atoms with Gasteiger partial charge in [-0.3, -0.25) is 0 Å². The normalized spacial score (nSPS) is 12.1. The molecule has 1 unspecified atom stereocenters. The van der Waals surface area contributed by atoms with Gasteiger partial charge in [0.05, 0.1) is 0 Å². The molecule has 2 rings (SSSR count). The summed E-state index contributed by atoms with van der Waals surface area (Å²) in [6, 6.07) is 16.4. The molecule has 0 aliphatic carbocycles. The molecule has 0 aromatic heterocycles. The second-order valence-corrected chi connectivity index (χ2v) is 4.71. The van der Waals surface area contributed by atoms with Gasteiger partial charge in [-0.15, -0.1) is 0 Å². The summed E-state index contributed by atoms with van der Waals surface area (Å²) in [5, 5.41) is 12.5. The van der Waals surface area contributed by atoms with E-state index in [2.05, 4.69) is 5.32 Å². The Labute approximate surface area is 124 Å². The molecule has 112 valence electrons. The van der Waals surface area contributed by atoms with Gasteiger partial charge in [0.15, 0.2) is 11.6 Å². The van der Waals surface area contributed by atoms with Crippen LogP contribution in [0.3, 0.4) is 0 Å². The van der Waals surface area contributed by atoms with Gasteiger partial charge >= 0.3 is 0 Å². The summed E-state index contributed by atoms with van der Waals surface area (Å²) >= 11 is 0. The lowest BCUT2D eigenvalue weighted by molar-refractivity contribution is 0.253. The van der Waals surface area contributed by atoms with Gasteiger partial charge in [-0.1, -0.05) is 42.5 Å². The van der Waals surface area contributed by atoms with Crippen molar-refractivity contribution in [3.63, 3.8) is 0 Å². The van der Waals surface area contributed by atoms with Crippen LogP contribution in [0.25, 0.3) is 0 Å². The van der Waals surface area contributed by atoms with Gasteiger partial charge in [0.2, 0.25) is 0 Å². The van der Waals surface area contributed by atoms with Gasteiger partial charge in [-0.2, -0.15) is 0 Å². The highest BCUT2D eigenvalue weighted by molar-refractivity contribution is 5.23. The minimum Gasteiger partial charge on any atom is -0.489 e. The summed E-state index contributed by atoms with van der Waals surface area (Å²) in [5.74, 6) is -0.0924. The molecule has 0 saturated heterocycles. The fraction of sp³-hybridized carbons (Fsp3) is 0.294. The fourth-order valence-electron chi connectivity index (χ4n) is 2.16. The van der Waals surface area contributed by atoms with Crippen molar-refractivity contribution >= 4 is 0 Å². The minimum absolute atomic E-state index is 0.0698. The fourth-order valence-corrected chi connectivity index (χ4v) is 2.16. The second kappa shape index (κ2) is 8.39. The SMILES string of the molecule is OCCC(NCCOc1ccccc1F)c1ccccc1. The largest absolute Gasteiger partial charge is 0.489 e. The Balaban J connectivity index is 1.82. The van der Waals surface area contributed by atoms with Crippen molar-refractivity contribution in [3.8, 4) is 5.75 Å². The zero-order valence-corrected chi connectivity index (χ0v) is 11.8. The predicted octanol–water partition coefficient (Wildman–Crippen LogP) is 2.92. The molecule has 2 aromatic rings. The zero-order chi connectivity index (χ0) is 14.9. The lowest BCUT2D eigenvalue weighted by Gasteiger charge is -2.18. The van der Waals surface area contributed by atoms with Gasteiger partial charge in [0.25, 0.3) is 0 Å². The molecule has 0 fully saturated rings. The van der Waals surface area contributed by atoms with Crippen molar-refractivity contribution < 1.29 is 14.2 Å². The average molecular weight is 289 g/mol. The van der Waals surface area contributed by atoms with Crippen LogP contribution in [-0.4, -0.2) is 24.9 Å². The Bertz CT molecular complexity index is 533. The number of nitrogens with one attached hydrogen (secondary N) is 1. The van der Waals surface area contributed by atoms with Gasteiger partial charge in [-0.05, 0) is 24.1 Å². The molecular formula is C17H20FNO2. The number of hydrogen-bond acceptors (Lipinski definition) is 3. The molecule has 2 N–H and O–H groups in total. The van der Waals surface area contributed by atoms with Crippen LogP contribution < -0.4 is 10.1 Å². The topological polar surface area (TPSA) is 41.5 Å².